The van der Waals surface area contributed by atoms with E-state index in [2.05, 4.69) is 20.8 Å². The number of unbranched alkanes of at least 4 members (excludes halogenated alkanes) is 8. The Morgan fingerprint density at radius 2 is 1.44 bits per heavy atom. The van der Waals surface area contributed by atoms with Gasteiger partial charge in [0.2, 0.25) is 0 Å². The summed E-state index contributed by atoms with van der Waals surface area (Å²) in [6, 6.07) is 0. The first kappa shape index (κ1) is 23.9. The van der Waals surface area contributed by atoms with Gasteiger partial charge < -0.3 is 9.53 Å². The van der Waals surface area contributed by atoms with E-state index in [0.29, 0.717) is 6.61 Å². The van der Waals surface area contributed by atoms with Crippen LogP contribution >= 0.6 is 0 Å². The van der Waals surface area contributed by atoms with Gasteiger partial charge >= 0.3 is 5.97 Å². The molecule has 146 valence electrons. The molecule has 0 unspecified atom stereocenters. The number of carbonyl (C=O) groups excluding carboxylic acids is 2. The lowest BCUT2D eigenvalue weighted by Crippen LogP contribution is -2.04. The van der Waals surface area contributed by atoms with Gasteiger partial charge in [0, 0.05) is 6.42 Å². The summed E-state index contributed by atoms with van der Waals surface area (Å²) in [5.74, 6) is 0.562. The van der Waals surface area contributed by atoms with Gasteiger partial charge in [-0.25, -0.2) is 0 Å². The molecule has 0 spiro atoms. The van der Waals surface area contributed by atoms with Crippen LogP contribution in [-0.4, -0.2) is 18.9 Å². The van der Waals surface area contributed by atoms with Crippen LogP contribution in [0.1, 0.15) is 104 Å². The Bertz CT molecular complexity index is 358. The van der Waals surface area contributed by atoms with Crippen LogP contribution in [0.5, 0.6) is 0 Å². The number of aldehydes is 1. The average Bonchev–Trinajstić information content (AvgIpc) is 2.57. The minimum atomic E-state index is -0.291. The van der Waals surface area contributed by atoms with Crippen LogP contribution in [0.4, 0.5) is 0 Å². The summed E-state index contributed by atoms with van der Waals surface area (Å²) in [5.41, 5.74) is 1.29. The van der Waals surface area contributed by atoms with E-state index < -0.39 is 0 Å². The molecule has 0 fully saturated rings. The van der Waals surface area contributed by atoms with E-state index in [1.807, 2.05) is 6.08 Å². The van der Waals surface area contributed by atoms with E-state index >= 15 is 0 Å². The number of carbonyl (C=O) groups is 2. The molecule has 0 aliphatic carbocycles. The first-order valence-electron chi connectivity index (χ1n) is 10.3. The summed E-state index contributed by atoms with van der Waals surface area (Å²) in [4.78, 5) is 21.4. The summed E-state index contributed by atoms with van der Waals surface area (Å²) in [7, 11) is 0. The van der Waals surface area contributed by atoms with E-state index in [4.69, 9.17) is 4.74 Å². The van der Waals surface area contributed by atoms with Crippen molar-refractivity contribution in [1.82, 2.24) is 0 Å². The number of hydrogen-bond donors (Lipinski definition) is 0. The van der Waals surface area contributed by atoms with Crippen LogP contribution in [0, 0.1) is 5.92 Å². The molecule has 3 heteroatoms. The van der Waals surface area contributed by atoms with E-state index in [1.165, 1.54) is 69.8 Å². The van der Waals surface area contributed by atoms with Gasteiger partial charge in [0.15, 0.2) is 0 Å². The lowest BCUT2D eigenvalue weighted by Gasteiger charge is -2.05. The highest BCUT2D eigenvalue weighted by Crippen LogP contribution is 2.14. The Morgan fingerprint density at radius 1 is 0.880 bits per heavy atom. The highest BCUT2D eigenvalue weighted by Gasteiger charge is 2.00. The molecule has 0 atom stereocenters. The molecular weight excluding hydrogens is 312 g/mol. The third-order valence-corrected chi connectivity index (χ3v) is 4.50. The molecule has 25 heavy (non-hydrogen) atoms. The van der Waals surface area contributed by atoms with Gasteiger partial charge in [-0.05, 0) is 31.8 Å². The number of ether oxygens (including phenoxy) is 1. The molecule has 0 saturated heterocycles. The van der Waals surface area contributed by atoms with Gasteiger partial charge in [0.25, 0.3) is 0 Å². The second-order valence-electron chi connectivity index (χ2n) is 7.55. The van der Waals surface area contributed by atoms with Crippen molar-refractivity contribution in [1.29, 1.82) is 0 Å². The van der Waals surface area contributed by atoms with Crippen LogP contribution in [0.3, 0.4) is 0 Å². The van der Waals surface area contributed by atoms with Gasteiger partial charge in [-0.3, -0.25) is 4.79 Å². The Balaban J connectivity index is 3.36. The van der Waals surface area contributed by atoms with Gasteiger partial charge in [-0.1, -0.05) is 77.2 Å². The quantitative estimate of drug-likeness (QED) is 0.132. The molecule has 3 nitrogen and oxygen atoms in total. The van der Waals surface area contributed by atoms with Crippen molar-refractivity contribution in [2.75, 3.05) is 6.61 Å². The maximum absolute atomic E-state index is 11.2. The summed E-state index contributed by atoms with van der Waals surface area (Å²) >= 11 is 0. The predicted octanol–water partition coefficient (Wildman–Crippen LogP) is 6.40. The lowest BCUT2D eigenvalue weighted by atomic mass is 10.0. The van der Waals surface area contributed by atoms with Crippen molar-refractivity contribution in [3.05, 3.63) is 11.6 Å². The first-order valence-corrected chi connectivity index (χ1v) is 10.3. The van der Waals surface area contributed by atoms with Gasteiger partial charge in [-0.15, -0.1) is 0 Å². The highest BCUT2D eigenvalue weighted by atomic mass is 16.5. The number of rotatable bonds is 17. The van der Waals surface area contributed by atoms with Gasteiger partial charge in [-0.2, -0.15) is 0 Å². The maximum Gasteiger partial charge on any atom is 0.306 e. The minimum Gasteiger partial charge on any atom is -0.461 e. The van der Waals surface area contributed by atoms with Crippen molar-refractivity contribution in [3.63, 3.8) is 0 Å². The average molecular weight is 353 g/mol. The van der Waals surface area contributed by atoms with Crippen molar-refractivity contribution in [2.24, 2.45) is 5.92 Å². The normalized spacial score (nSPS) is 11.8. The second kappa shape index (κ2) is 17.7. The van der Waals surface area contributed by atoms with Crippen LogP contribution in [-0.2, 0) is 14.3 Å². The number of allylic oxidation sites excluding steroid dienone is 1. The Kier molecular flexibility index (Phi) is 16.9. The van der Waals surface area contributed by atoms with E-state index in [9.17, 15) is 9.59 Å². The molecule has 0 saturated carbocycles. The topological polar surface area (TPSA) is 43.4 Å². The standard InChI is InChI=1S/C22H40O3/c1-20(2)14-11-9-7-5-4-6-8-10-12-15-21(3)17-19-25-22(24)16-13-18-23/h17-18,20H,4-16,19H2,1-3H3/b21-17+. The summed E-state index contributed by atoms with van der Waals surface area (Å²) in [6.45, 7) is 7.04. The molecule has 0 aromatic carbocycles. The number of hydrogen-bond acceptors (Lipinski definition) is 3. The Morgan fingerprint density at radius 3 is 2.00 bits per heavy atom. The summed E-state index contributed by atoms with van der Waals surface area (Å²) in [6.07, 6.45) is 17.8. The molecule has 0 rings (SSSR count). The first-order chi connectivity index (χ1) is 12.1. The summed E-state index contributed by atoms with van der Waals surface area (Å²) in [5, 5.41) is 0. The second-order valence-corrected chi connectivity index (χ2v) is 7.55. The molecule has 0 heterocycles. The smallest absolute Gasteiger partial charge is 0.306 e. The van der Waals surface area contributed by atoms with E-state index in [1.54, 1.807) is 0 Å². The fourth-order valence-electron chi connectivity index (χ4n) is 2.82. The van der Waals surface area contributed by atoms with Crippen molar-refractivity contribution >= 4 is 12.3 Å². The fourth-order valence-corrected chi connectivity index (χ4v) is 2.82. The zero-order chi connectivity index (χ0) is 18.8. The zero-order valence-electron chi connectivity index (χ0n) is 16.9. The molecule has 0 aromatic heterocycles. The van der Waals surface area contributed by atoms with Crippen molar-refractivity contribution in [2.45, 2.75) is 104 Å². The van der Waals surface area contributed by atoms with Crippen LogP contribution in [0.2, 0.25) is 0 Å². The van der Waals surface area contributed by atoms with Gasteiger partial charge in [0.1, 0.15) is 12.9 Å². The molecule has 0 radical (unpaired) electrons. The molecule has 0 aliphatic rings. The predicted molar refractivity (Wildman–Crippen MR) is 106 cm³/mol. The van der Waals surface area contributed by atoms with Crippen LogP contribution in [0.25, 0.3) is 0 Å². The minimum absolute atomic E-state index is 0.189. The molecule has 0 aliphatic heterocycles. The van der Waals surface area contributed by atoms with Crippen LogP contribution in [0.15, 0.2) is 11.6 Å². The fraction of sp³-hybridized carbons (Fsp3) is 0.818. The molecule has 0 amide bonds. The van der Waals surface area contributed by atoms with E-state index in [-0.39, 0.29) is 18.8 Å². The molecule has 0 N–H and O–H groups in total. The van der Waals surface area contributed by atoms with Crippen molar-refractivity contribution < 1.29 is 14.3 Å². The largest absolute Gasteiger partial charge is 0.461 e. The van der Waals surface area contributed by atoms with Crippen molar-refractivity contribution in [3.8, 4) is 0 Å². The molecular formula is C22H40O3. The summed E-state index contributed by atoms with van der Waals surface area (Å²) < 4.78 is 5.05. The number of esters is 1. The highest BCUT2D eigenvalue weighted by molar-refractivity contribution is 5.72. The van der Waals surface area contributed by atoms with Gasteiger partial charge in [0.05, 0.1) is 6.42 Å². The van der Waals surface area contributed by atoms with E-state index in [0.717, 1.165) is 18.6 Å². The zero-order valence-corrected chi connectivity index (χ0v) is 16.9. The Hall–Kier alpha value is -1.12. The lowest BCUT2D eigenvalue weighted by molar-refractivity contribution is -0.143. The molecule has 0 aromatic rings. The van der Waals surface area contributed by atoms with Crippen LogP contribution < -0.4 is 0 Å². The maximum atomic E-state index is 11.2. The SMILES string of the molecule is C/C(=C\COC(=O)CCC=O)CCCCCCCCCCCC(C)C. The molecule has 0 bridgehead atoms. The Labute approximate surface area is 155 Å². The third kappa shape index (κ3) is 19.1. The third-order valence-electron chi connectivity index (χ3n) is 4.50. The monoisotopic (exact) mass is 352 g/mol.